The highest BCUT2D eigenvalue weighted by atomic mass is 16.5. The lowest BCUT2D eigenvalue weighted by Gasteiger charge is -2.11. The number of aldehydes is 1. The molecule has 20 heavy (non-hydrogen) atoms. The molecule has 1 heterocycles. The summed E-state index contributed by atoms with van der Waals surface area (Å²) in [6.07, 6.45) is 1.93. The van der Waals surface area contributed by atoms with Gasteiger partial charge in [0.1, 0.15) is 5.75 Å². The number of carbonyl (C=O) groups excluding carboxylic acids is 1. The van der Waals surface area contributed by atoms with E-state index in [-0.39, 0.29) is 0 Å². The largest absolute Gasteiger partial charge is 0.494 e. The van der Waals surface area contributed by atoms with Gasteiger partial charge in [-0.1, -0.05) is 20.8 Å². The van der Waals surface area contributed by atoms with Crippen LogP contribution in [-0.2, 0) is 6.54 Å². The van der Waals surface area contributed by atoms with Crippen molar-refractivity contribution in [1.29, 1.82) is 0 Å². The summed E-state index contributed by atoms with van der Waals surface area (Å²) in [5, 5.41) is 0.992. The molecule has 2 aromatic rings. The van der Waals surface area contributed by atoms with E-state index in [1.54, 1.807) is 0 Å². The summed E-state index contributed by atoms with van der Waals surface area (Å²) < 4.78 is 7.90. The van der Waals surface area contributed by atoms with Crippen molar-refractivity contribution in [3.05, 3.63) is 29.5 Å². The van der Waals surface area contributed by atoms with Gasteiger partial charge in [-0.15, -0.1) is 0 Å². The van der Waals surface area contributed by atoms with Crippen molar-refractivity contribution in [3.63, 3.8) is 0 Å². The van der Waals surface area contributed by atoms with Gasteiger partial charge in [0.05, 0.1) is 6.61 Å². The minimum Gasteiger partial charge on any atom is -0.494 e. The third-order valence-corrected chi connectivity index (χ3v) is 3.48. The van der Waals surface area contributed by atoms with Crippen molar-refractivity contribution in [1.82, 2.24) is 4.57 Å². The van der Waals surface area contributed by atoms with Gasteiger partial charge in [0.25, 0.3) is 0 Å². The number of ether oxygens (including phenoxy) is 1. The summed E-state index contributed by atoms with van der Waals surface area (Å²) in [4.78, 5) is 11.4. The topological polar surface area (TPSA) is 31.2 Å². The van der Waals surface area contributed by atoms with Crippen molar-refractivity contribution in [2.75, 3.05) is 6.61 Å². The summed E-state index contributed by atoms with van der Waals surface area (Å²) in [5.74, 6) is 1.38. The second kappa shape index (κ2) is 6.12. The zero-order valence-electron chi connectivity index (χ0n) is 12.8. The monoisotopic (exact) mass is 273 g/mol. The number of nitrogens with zero attached hydrogens (tertiary/aromatic N) is 1. The van der Waals surface area contributed by atoms with Gasteiger partial charge < -0.3 is 9.30 Å². The first-order valence-corrected chi connectivity index (χ1v) is 7.29. The highest BCUT2D eigenvalue weighted by molar-refractivity contribution is 6.00. The fourth-order valence-corrected chi connectivity index (χ4v) is 2.55. The Morgan fingerprint density at radius 1 is 1.35 bits per heavy atom. The lowest BCUT2D eigenvalue weighted by Crippen LogP contribution is -2.06. The van der Waals surface area contributed by atoms with Crippen molar-refractivity contribution in [2.45, 2.75) is 40.7 Å². The molecule has 1 aromatic carbocycles. The van der Waals surface area contributed by atoms with Crippen LogP contribution in [0.3, 0.4) is 0 Å². The van der Waals surface area contributed by atoms with Gasteiger partial charge in [0, 0.05) is 28.7 Å². The zero-order chi connectivity index (χ0) is 14.7. The Balaban J connectivity index is 2.54. The molecule has 0 aliphatic carbocycles. The van der Waals surface area contributed by atoms with E-state index in [1.165, 1.54) is 0 Å². The molecular weight excluding hydrogens is 250 g/mol. The summed E-state index contributed by atoms with van der Waals surface area (Å²) in [6, 6.07) is 6.03. The second-order valence-electron chi connectivity index (χ2n) is 5.65. The number of hydrogen-bond donors (Lipinski definition) is 0. The molecule has 0 atom stereocenters. The Hall–Kier alpha value is -1.77. The molecule has 2 rings (SSSR count). The van der Waals surface area contributed by atoms with Crippen LogP contribution in [0.4, 0.5) is 0 Å². The first-order chi connectivity index (χ1) is 9.58. The van der Waals surface area contributed by atoms with Gasteiger partial charge in [-0.25, -0.2) is 0 Å². The molecule has 0 radical (unpaired) electrons. The molecule has 3 heteroatoms. The molecule has 0 saturated heterocycles. The molecule has 0 N–H and O–H groups in total. The van der Waals surface area contributed by atoms with Crippen LogP contribution < -0.4 is 4.74 Å². The van der Waals surface area contributed by atoms with Crippen molar-refractivity contribution >= 4 is 17.2 Å². The lowest BCUT2D eigenvalue weighted by molar-refractivity contribution is 0.112. The van der Waals surface area contributed by atoms with E-state index in [0.717, 1.165) is 47.2 Å². The van der Waals surface area contributed by atoms with Crippen LogP contribution in [-0.4, -0.2) is 17.5 Å². The van der Waals surface area contributed by atoms with Crippen LogP contribution >= 0.6 is 0 Å². The fourth-order valence-electron chi connectivity index (χ4n) is 2.55. The first-order valence-electron chi connectivity index (χ1n) is 7.29. The van der Waals surface area contributed by atoms with Gasteiger partial charge in [-0.05, 0) is 37.5 Å². The maximum atomic E-state index is 11.4. The van der Waals surface area contributed by atoms with Gasteiger partial charge >= 0.3 is 0 Å². The molecular formula is C17H23NO2. The Labute approximate surface area is 120 Å². The fraction of sp³-hybridized carbons (Fsp3) is 0.471. The van der Waals surface area contributed by atoms with Crippen LogP contribution in [0.1, 0.15) is 43.2 Å². The molecule has 0 unspecified atom stereocenters. The quantitative estimate of drug-likeness (QED) is 0.738. The van der Waals surface area contributed by atoms with Gasteiger partial charge in [0.2, 0.25) is 0 Å². The van der Waals surface area contributed by atoms with Gasteiger partial charge in [0.15, 0.2) is 6.29 Å². The van der Waals surface area contributed by atoms with Gasteiger partial charge in [-0.3, -0.25) is 4.79 Å². The summed E-state index contributed by atoms with van der Waals surface area (Å²) >= 11 is 0. The number of benzene rings is 1. The van der Waals surface area contributed by atoms with Crippen LogP contribution in [0.5, 0.6) is 5.75 Å². The Bertz CT molecular complexity index is 611. The van der Waals surface area contributed by atoms with Crippen molar-refractivity contribution < 1.29 is 9.53 Å². The highest BCUT2D eigenvalue weighted by Gasteiger charge is 2.15. The molecule has 1 aromatic heterocycles. The number of fused-ring (bicyclic) bond motifs is 1. The lowest BCUT2D eigenvalue weighted by atomic mass is 10.1. The third kappa shape index (κ3) is 2.72. The molecule has 0 fully saturated rings. The molecule has 0 amide bonds. The molecule has 0 spiro atoms. The summed E-state index contributed by atoms with van der Waals surface area (Å²) in [7, 11) is 0. The minimum atomic E-state index is 0.541. The number of hydrogen-bond acceptors (Lipinski definition) is 2. The second-order valence-corrected chi connectivity index (χ2v) is 5.65. The van der Waals surface area contributed by atoms with Crippen molar-refractivity contribution in [3.8, 4) is 5.75 Å². The predicted molar refractivity (Wildman–Crippen MR) is 82.7 cm³/mol. The molecule has 0 aliphatic heterocycles. The van der Waals surface area contributed by atoms with Crippen LogP contribution in [0, 0.1) is 12.8 Å². The molecule has 0 aliphatic rings. The van der Waals surface area contributed by atoms with Crippen LogP contribution in [0.2, 0.25) is 0 Å². The maximum Gasteiger partial charge on any atom is 0.152 e. The number of rotatable bonds is 6. The third-order valence-electron chi connectivity index (χ3n) is 3.48. The van der Waals surface area contributed by atoms with Crippen LogP contribution in [0.15, 0.2) is 18.2 Å². The van der Waals surface area contributed by atoms with E-state index in [9.17, 15) is 4.79 Å². The normalized spacial score (nSPS) is 11.2. The zero-order valence-corrected chi connectivity index (χ0v) is 12.8. The van der Waals surface area contributed by atoms with E-state index >= 15 is 0 Å². The number of carbonyl (C=O) groups is 1. The van der Waals surface area contributed by atoms with E-state index in [4.69, 9.17) is 4.74 Å². The number of aromatic nitrogens is 1. The van der Waals surface area contributed by atoms with E-state index in [1.807, 2.05) is 19.1 Å². The first kappa shape index (κ1) is 14.6. The molecule has 0 bridgehead atoms. The maximum absolute atomic E-state index is 11.4. The smallest absolute Gasteiger partial charge is 0.152 e. The summed E-state index contributed by atoms with van der Waals surface area (Å²) in [5.41, 5.74) is 2.93. The van der Waals surface area contributed by atoms with E-state index in [2.05, 4.69) is 31.4 Å². The van der Waals surface area contributed by atoms with Crippen LogP contribution in [0.25, 0.3) is 10.9 Å². The SMILES string of the molecule is CCCOc1ccc2c(c1)c(C=O)c(C)n2CC(C)C. The highest BCUT2D eigenvalue weighted by Crippen LogP contribution is 2.29. The molecule has 108 valence electrons. The standard InChI is InChI=1S/C17H23NO2/c1-5-8-20-14-6-7-17-15(9-14)16(11-19)13(4)18(17)10-12(2)3/h6-7,9,11-12H,5,8,10H2,1-4H3. The molecule has 3 nitrogen and oxygen atoms in total. The Kier molecular flexibility index (Phi) is 4.48. The average Bonchev–Trinajstić information content (AvgIpc) is 2.68. The molecule has 0 saturated carbocycles. The average molecular weight is 273 g/mol. The Morgan fingerprint density at radius 2 is 2.10 bits per heavy atom. The van der Waals surface area contributed by atoms with E-state index < -0.39 is 0 Å². The summed E-state index contributed by atoms with van der Waals surface area (Å²) in [6.45, 7) is 10.1. The Morgan fingerprint density at radius 3 is 2.70 bits per heavy atom. The van der Waals surface area contributed by atoms with Gasteiger partial charge in [-0.2, -0.15) is 0 Å². The predicted octanol–water partition coefficient (Wildman–Crippen LogP) is 4.21. The minimum absolute atomic E-state index is 0.541. The van der Waals surface area contributed by atoms with E-state index in [0.29, 0.717) is 12.5 Å². The van der Waals surface area contributed by atoms with Crippen molar-refractivity contribution in [2.24, 2.45) is 5.92 Å².